The van der Waals surface area contributed by atoms with Gasteiger partial charge in [0.25, 0.3) is 5.91 Å². The van der Waals surface area contributed by atoms with Gasteiger partial charge in [0.15, 0.2) is 0 Å². The monoisotopic (exact) mass is 307 g/mol. The maximum atomic E-state index is 12.6. The third-order valence-corrected chi connectivity index (χ3v) is 3.28. The van der Waals surface area contributed by atoms with E-state index in [9.17, 15) is 9.59 Å². The molecule has 1 amide bonds. The zero-order valence-corrected chi connectivity index (χ0v) is 13.6. The van der Waals surface area contributed by atoms with E-state index in [4.69, 9.17) is 9.47 Å². The molecule has 0 saturated heterocycles. The molecular weight excluding hydrogens is 282 g/mol. The first kappa shape index (κ1) is 18.0. The molecule has 1 aromatic carbocycles. The lowest BCUT2D eigenvalue weighted by molar-refractivity contribution is -0.143. The number of amides is 1. The Morgan fingerprint density at radius 3 is 2.59 bits per heavy atom. The number of hydrogen-bond donors (Lipinski definition) is 0. The van der Waals surface area contributed by atoms with Crippen molar-refractivity contribution in [3.63, 3.8) is 0 Å². The van der Waals surface area contributed by atoms with Gasteiger partial charge >= 0.3 is 5.97 Å². The van der Waals surface area contributed by atoms with E-state index in [1.54, 1.807) is 43.2 Å². The van der Waals surface area contributed by atoms with Gasteiger partial charge in [-0.05, 0) is 31.5 Å². The molecule has 0 bridgehead atoms. The van der Waals surface area contributed by atoms with Crippen LogP contribution in [0, 0.1) is 0 Å². The first-order chi connectivity index (χ1) is 10.6. The lowest BCUT2D eigenvalue weighted by Crippen LogP contribution is -2.34. The van der Waals surface area contributed by atoms with Crippen LogP contribution < -0.4 is 4.74 Å². The maximum absolute atomic E-state index is 12.6. The van der Waals surface area contributed by atoms with Crippen molar-refractivity contribution in [1.82, 2.24) is 4.90 Å². The second-order valence-electron chi connectivity index (χ2n) is 4.93. The molecule has 122 valence electrons. The van der Waals surface area contributed by atoms with Gasteiger partial charge in [0, 0.05) is 18.7 Å². The van der Waals surface area contributed by atoms with Crippen molar-refractivity contribution in [2.75, 3.05) is 26.8 Å². The Hall–Kier alpha value is -2.04. The maximum Gasteiger partial charge on any atom is 0.307 e. The van der Waals surface area contributed by atoms with Gasteiger partial charge in [-0.2, -0.15) is 0 Å². The van der Waals surface area contributed by atoms with Crippen molar-refractivity contribution in [3.05, 3.63) is 29.8 Å². The number of carbonyl (C=O) groups is 2. The molecule has 0 saturated carbocycles. The molecule has 0 heterocycles. The number of unbranched alkanes of at least 4 members (excludes halogenated alkanes) is 1. The summed E-state index contributed by atoms with van der Waals surface area (Å²) < 4.78 is 10.1. The molecule has 5 nitrogen and oxygen atoms in total. The number of nitrogens with zero attached hydrogens (tertiary/aromatic N) is 1. The predicted molar refractivity (Wildman–Crippen MR) is 85.1 cm³/mol. The zero-order valence-electron chi connectivity index (χ0n) is 13.6. The lowest BCUT2D eigenvalue weighted by atomic mass is 10.1. The third-order valence-electron chi connectivity index (χ3n) is 3.28. The van der Waals surface area contributed by atoms with Gasteiger partial charge in [0.1, 0.15) is 5.75 Å². The minimum Gasteiger partial charge on any atom is -0.497 e. The quantitative estimate of drug-likeness (QED) is 0.658. The first-order valence-electron chi connectivity index (χ1n) is 7.71. The average Bonchev–Trinajstić information content (AvgIpc) is 2.54. The van der Waals surface area contributed by atoms with E-state index in [2.05, 4.69) is 6.92 Å². The van der Waals surface area contributed by atoms with Crippen LogP contribution in [0.1, 0.15) is 43.5 Å². The normalized spacial score (nSPS) is 10.1. The van der Waals surface area contributed by atoms with Crippen LogP contribution in [-0.2, 0) is 9.53 Å². The number of ether oxygens (including phenoxy) is 2. The van der Waals surface area contributed by atoms with E-state index in [0.29, 0.717) is 31.0 Å². The van der Waals surface area contributed by atoms with Gasteiger partial charge in [-0.3, -0.25) is 9.59 Å². The van der Waals surface area contributed by atoms with E-state index in [-0.39, 0.29) is 18.3 Å². The van der Waals surface area contributed by atoms with Crippen LogP contribution in [0.4, 0.5) is 0 Å². The molecule has 0 N–H and O–H groups in total. The van der Waals surface area contributed by atoms with Gasteiger partial charge in [-0.25, -0.2) is 0 Å². The zero-order chi connectivity index (χ0) is 16.4. The van der Waals surface area contributed by atoms with E-state index < -0.39 is 0 Å². The van der Waals surface area contributed by atoms with E-state index >= 15 is 0 Å². The van der Waals surface area contributed by atoms with Gasteiger partial charge in [-0.15, -0.1) is 0 Å². The van der Waals surface area contributed by atoms with Crippen molar-refractivity contribution in [2.24, 2.45) is 0 Å². The summed E-state index contributed by atoms with van der Waals surface area (Å²) in [4.78, 5) is 25.8. The summed E-state index contributed by atoms with van der Waals surface area (Å²) in [5.74, 6) is 0.283. The Morgan fingerprint density at radius 2 is 1.95 bits per heavy atom. The molecule has 0 aliphatic rings. The minimum absolute atomic E-state index is 0.0864. The smallest absolute Gasteiger partial charge is 0.307 e. The Morgan fingerprint density at radius 1 is 1.18 bits per heavy atom. The fourth-order valence-corrected chi connectivity index (χ4v) is 2.06. The van der Waals surface area contributed by atoms with Crippen molar-refractivity contribution in [1.29, 1.82) is 0 Å². The van der Waals surface area contributed by atoms with Crippen molar-refractivity contribution in [2.45, 2.75) is 33.1 Å². The molecule has 0 unspecified atom stereocenters. The fraction of sp³-hybridized carbons (Fsp3) is 0.529. The highest BCUT2D eigenvalue weighted by molar-refractivity contribution is 5.94. The average molecular weight is 307 g/mol. The Balaban J connectivity index is 2.76. The van der Waals surface area contributed by atoms with Crippen molar-refractivity contribution in [3.8, 4) is 5.75 Å². The van der Waals surface area contributed by atoms with E-state index in [0.717, 1.165) is 12.8 Å². The molecular formula is C17H25NO4. The highest BCUT2D eigenvalue weighted by atomic mass is 16.5. The fourth-order valence-electron chi connectivity index (χ4n) is 2.06. The van der Waals surface area contributed by atoms with Crippen LogP contribution in [-0.4, -0.2) is 43.6 Å². The van der Waals surface area contributed by atoms with Crippen molar-refractivity contribution >= 4 is 11.9 Å². The largest absolute Gasteiger partial charge is 0.497 e. The minimum atomic E-state index is -0.276. The summed E-state index contributed by atoms with van der Waals surface area (Å²) in [5.41, 5.74) is 0.569. The van der Waals surface area contributed by atoms with Gasteiger partial charge in [0.05, 0.1) is 20.1 Å². The lowest BCUT2D eigenvalue weighted by Gasteiger charge is -2.22. The second kappa shape index (κ2) is 9.82. The standard InChI is InChI=1S/C17H25NO4/c1-4-6-11-18(12-10-16(19)22-5-2)17(20)14-8-7-9-15(13-14)21-3/h7-9,13H,4-6,10-12H2,1-3H3. The summed E-state index contributed by atoms with van der Waals surface area (Å²) in [6.07, 6.45) is 2.10. The Bertz CT molecular complexity index is 487. The van der Waals surface area contributed by atoms with Crippen LogP contribution in [0.5, 0.6) is 5.75 Å². The molecule has 1 aromatic rings. The highest BCUT2D eigenvalue weighted by Gasteiger charge is 2.17. The number of methoxy groups -OCH3 is 1. The summed E-state index contributed by atoms with van der Waals surface area (Å²) in [6.45, 7) is 5.20. The summed E-state index contributed by atoms with van der Waals surface area (Å²) >= 11 is 0. The first-order valence-corrected chi connectivity index (χ1v) is 7.71. The molecule has 22 heavy (non-hydrogen) atoms. The molecule has 0 atom stereocenters. The van der Waals surface area contributed by atoms with Gasteiger partial charge < -0.3 is 14.4 Å². The third kappa shape index (κ3) is 5.76. The van der Waals surface area contributed by atoms with Crippen LogP contribution in [0.25, 0.3) is 0 Å². The summed E-state index contributed by atoms with van der Waals surface area (Å²) in [5, 5.41) is 0. The second-order valence-corrected chi connectivity index (χ2v) is 4.93. The van der Waals surface area contributed by atoms with Crippen LogP contribution in [0.15, 0.2) is 24.3 Å². The molecule has 0 aliphatic carbocycles. The molecule has 1 rings (SSSR count). The molecule has 0 spiro atoms. The number of rotatable bonds is 9. The molecule has 5 heteroatoms. The van der Waals surface area contributed by atoms with E-state index in [1.165, 1.54) is 0 Å². The van der Waals surface area contributed by atoms with Crippen LogP contribution >= 0.6 is 0 Å². The Kier molecular flexibility index (Phi) is 8.04. The Labute approximate surface area is 132 Å². The number of benzene rings is 1. The number of hydrogen-bond acceptors (Lipinski definition) is 4. The summed E-state index contributed by atoms with van der Waals surface area (Å²) in [6, 6.07) is 7.06. The topological polar surface area (TPSA) is 55.8 Å². The summed E-state index contributed by atoms with van der Waals surface area (Å²) in [7, 11) is 1.57. The van der Waals surface area contributed by atoms with Gasteiger partial charge in [0.2, 0.25) is 0 Å². The molecule has 0 aliphatic heterocycles. The highest BCUT2D eigenvalue weighted by Crippen LogP contribution is 2.15. The molecule has 0 radical (unpaired) electrons. The molecule has 0 aromatic heterocycles. The number of esters is 1. The van der Waals surface area contributed by atoms with E-state index in [1.807, 2.05) is 0 Å². The van der Waals surface area contributed by atoms with Crippen LogP contribution in [0.3, 0.4) is 0 Å². The number of carbonyl (C=O) groups excluding carboxylic acids is 2. The molecule has 0 fully saturated rings. The predicted octanol–water partition coefficient (Wildman–Crippen LogP) is 2.89. The van der Waals surface area contributed by atoms with Crippen LogP contribution in [0.2, 0.25) is 0 Å². The SMILES string of the molecule is CCCCN(CCC(=O)OCC)C(=O)c1cccc(OC)c1. The van der Waals surface area contributed by atoms with Crippen molar-refractivity contribution < 1.29 is 19.1 Å². The van der Waals surface area contributed by atoms with Gasteiger partial charge in [-0.1, -0.05) is 19.4 Å².